The van der Waals surface area contributed by atoms with E-state index in [1.165, 1.54) is 173 Å². The number of carbonyl (C=O) groups is 1. The summed E-state index contributed by atoms with van der Waals surface area (Å²) in [5.41, 5.74) is 0. The maximum Gasteiger partial charge on any atom is 0.220 e. The highest BCUT2D eigenvalue weighted by atomic mass is 16.7. The molecule has 9 N–H and O–H groups in total. The Morgan fingerprint density at radius 1 is 0.425 bits per heavy atom. The smallest absolute Gasteiger partial charge is 0.220 e. The Morgan fingerprint density at radius 2 is 0.793 bits per heavy atom. The van der Waals surface area contributed by atoms with E-state index in [2.05, 4.69) is 92.1 Å². The van der Waals surface area contributed by atoms with Gasteiger partial charge in [-0.2, -0.15) is 0 Å². The Hall–Kier alpha value is -2.83. The van der Waals surface area contributed by atoms with Gasteiger partial charge in [0.2, 0.25) is 5.91 Å². The molecule has 504 valence electrons. The topological polar surface area (TPSA) is 228 Å². The molecule has 2 aliphatic heterocycles. The molecule has 0 radical (unpaired) electrons. The van der Waals surface area contributed by atoms with Crippen molar-refractivity contribution in [3.05, 3.63) is 85.1 Å². The zero-order valence-electron chi connectivity index (χ0n) is 54.7. The number of aliphatic hydroxyl groups is 8. The molecule has 12 unspecified atom stereocenters. The molecule has 0 bridgehead atoms. The summed E-state index contributed by atoms with van der Waals surface area (Å²) in [6.07, 6.45) is 62.0. The van der Waals surface area contributed by atoms with Crippen LogP contribution in [-0.2, 0) is 23.7 Å². The van der Waals surface area contributed by atoms with E-state index >= 15 is 0 Å². The first-order chi connectivity index (χ1) is 42.6. The molecule has 0 spiro atoms. The standard InChI is InChI=1S/C73H129NO13/c1-3-5-7-9-11-13-15-17-19-21-23-24-25-26-27-28-29-30-31-32-33-34-35-36-37-38-39-41-43-45-47-49-51-53-55-57-65(78)74-61(62(77)56-54-52-50-48-46-44-42-40-22-20-18-16-14-12-10-8-6-4-2)60-84-72-70(83)68(81)71(64(59-76)86-72)87-73-69(82)67(80)66(79)63(58-75)85-73/h5,7,11,13,17,19,23-24,26-27,29-30,54,56,61-64,66-73,75-77,79-83H,3-4,6,8-10,12,14-16,18,20-22,25,28,31-53,55,57-60H2,1-2H3,(H,74,78)/b7-5-,13-11-,19-17-,24-23-,27-26-,30-29-,56-54+. The van der Waals surface area contributed by atoms with Gasteiger partial charge in [-0.05, 0) is 70.6 Å². The van der Waals surface area contributed by atoms with Crippen LogP contribution in [0.5, 0.6) is 0 Å². The van der Waals surface area contributed by atoms with Crippen LogP contribution in [0, 0.1) is 0 Å². The van der Waals surface area contributed by atoms with E-state index in [0.717, 1.165) is 77.0 Å². The van der Waals surface area contributed by atoms with E-state index in [9.17, 15) is 45.6 Å². The second kappa shape index (κ2) is 57.1. The van der Waals surface area contributed by atoms with Gasteiger partial charge in [-0.1, -0.05) is 285 Å². The Bertz CT molecular complexity index is 1780. The largest absolute Gasteiger partial charge is 0.394 e. The van der Waals surface area contributed by atoms with Crippen molar-refractivity contribution >= 4 is 5.91 Å². The highest BCUT2D eigenvalue weighted by Crippen LogP contribution is 2.30. The van der Waals surface area contributed by atoms with Gasteiger partial charge in [0, 0.05) is 6.42 Å². The van der Waals surface area contributed by atoms with Gasteiger partial charge in [-0.15, -0.1) is 0 Å². The number of allylic oxidation sites excluding steroid dienone is 13. The summed E-state index contributed by atoms with van der Waals surface area (Å²) in [7, 11) is 0. The Balaban J connectivity index is 1.63. The lowest BCUT2D eigenvalue weighted by Gasteiger charge is -2.46. The molecule has 2 rings (SSSR count). The van der Waals surface area contributed by atoms with Crippen molar-refractivity contribution in [2.24, 2.45) is 0 Å². The van der Waals surface area contributed by atoms with E-state index in [0.29, 0.717) is 6.42 Å². The first-order valence-electron chi connectivity index (χ1n) is 35.3. The number of hydrogen-bond acceptors (Lipinski definition) is 13. The second-order valence-corrected chi connectivity index (χ2v) is 24.6. The average Bonchev–Trinajstić information content (AvgIpc) is 3.71. The number of rotatable bonds is 57. The normalized spacial score (nSPS) is 23.8. The van der Waals surface area contributed by atoms with Crippen molar-refractivity contribution in [1.29, 1.82) is 0 Å². The maximum atomic E-state index is 13.3. The first kappa shape index (κ1) is 80.3. The molecule has 2 heterocycles. The summed E-state index contributed by atoms with van der Waals surface area (Å²) >= 11 is 0. The monoisotopic (exact) mass is 1230 g/mol. The van der Waals surface area contributed by atoms with Crippen molar-refractivity contribution in [2.45, 2.75) is 351 Å². The summed E-state index contributed by atoms with van der Waals surface area (Å²) in [5.74, 6) is -0.239. The summed E-state index contributed by atoms with van der Waals surface area (Å²) in [4.78, 5) is 13.3. The zero-order valence-corrected chi connectivity index (χ0v) is 54.7. The van der Waals surface area contributed by atoms with E-state index in [1.807, 2.05) is 6.08 Å². The third-order valence-electron chi connectivity index (χ3n) is 16.8. The molecule has 2 saturated heterocycles. The van der Waals surface area contributed by atoms with Gasteiger partial charge in [0.1, 0.15) is 48.8 Å². The summed E-state index contributed by atoms with van der Waals surface area (Å²) in [6.45, 7) is 2.71. The third-order valence-corrected chi connectivity index (χ3v) is 16.8. The van der Waals surface area contributed by atoms with Gasteiger partial charge in [-0.3, -0.25) is 4.79 Å². The van der Waals surface area contributed by atoms with Crippen LogP contribution in [-0.4, -0.2) is 140 Å². The van der Waals surface area contributed by atoms with Gasteiger partial charge in [0.05, 0.1) is 32.0 Å². The van der Waals surface area contributed by atoms with Crippen molar-refractivity contribution in [3.63, 3.8) is 0 Å². The minimum absolute atomic E-state index is 0.239. The summed E-state index contributed by atoms with van der Waals surface area (Å²) < 4.78 is 22.8. The average molecular weight is 1230 g/mol. The maximum absolute atomic E-state index is 13.3. The molecule has 0 aromatic rings. The number of unbranched alkanes of at least 4 members (excludes halogenated alkanes) is 32. The lowest BCUT2D eigenvalue weighted by atomic mass is 9.97. The van der Waals surface area contributed by atoms with Crippen LogP contribution in [0.2, 0.25) is 0 Å². The fourth-order valence-corrected chi connectivity index (χ4v) is 11.2. The van der Waals surface area contributed by atoms with Gasteiger partial charge in [0.15, 0.2) is 12.6 Å². The molecule has 87 heavy (non-hydrogen) atoms. The fraction of sp³-hybridized carbons (Fsp3) is 0.795. The molecule has 0 aliphatic carbocycles. The predicted octanol–water partition coefficient (Wildman–Crippen LogP) is 14.4. The van der Waals surface area contributed by atoms with E-state index < -0.39 is 86.8 Å². The van der Waals surface area contributed by atoms with Gasteiger partial charge >= 0.3 is 0 Å². The van der Waals surface area contributed by atoms with Crippen LogP contribution in [0.25, 0.3) is 0 Å². The summed E-state index contributed by atoms with van der Waals surface area (Å²) in [6, 6.07) is -0.918. The molecule has 0 saturated carbocycles. The van der Waals surface area contributed by atoms with Crippen LogP contribution < -0.4 is 5.32 Å². The van der Waals surface area contributed by atoms with Gasteiger partial charge in [0.25, 0.3) is 0 Å². The van der Waals surface area contributed by atoms with E-state index in [1.54, 1.807) is 6.08 Å². The van der Waals surface area contributed by atoms with Crippen LogP contribution in [0.4, 0.5) is 0 Å². The van der Waals surface area contributed by atoms with Crippen molar-refractivity contribution in [2.75, 3.05) is 19.8 Å². The van der Waals surface area contributed by atoms with Gasteiger partial charge < -0.3 is 65.1 Å². The minimum Gasteiger partial charge on any atom is -0.394 e. The second-order valence-electron chi connectivity index (χ2n) is 24.6. The van der Waals surface area contributed by atoms with Crippen LogP contribution in [0.1, 0.15) is 277 Å². The summed E-state index contributed by atoms with van der Waals surface area (Å²) in [5, 5.41) is 87.4. The molecule has 14 heteroatoms. The predicted molar refractivity (Wildman–Crippen MR) is 355 cm³/mol. The fourth-order valence-electron chi connectivity index (χ4n) is 11.2. The molecule has 2 aliphatic rings. The highest BCUT2D eigenvalue weighted by Gasteiger charge is 2.51. The molecule has 0 aromatic heterocycles. The molecule has 2 fully saturated rings. The molecular formula is C73H129NO13. The van der Waals surface area contributed by atoms with Crippen LogP contribution in [0.15, 0.2) is 85.1 Å². The number of aliphatic hydroxyl groups excluding tert-OH is 8. The first-order valence-corrected chi connectivity index (χ1v) is 35.3. The minimum atomic E-state index is -1.79. The number of hydrogen-bond donors (Lipinski definition) is 9. The Morgan fingerprint density at radius 3 is 1.22 bits per heavy atom. The number of nitrogens with one attached hydrogen (secondary N) is 1. The van der Waals surface area contributed by atoms with Crippen molar-refractivity contribution in [3.8, 4) is 0 Å². The van der Waals surface area contributed by atoms with Crippen molar-refractivity contribution in [1.82, 2.24) is 5.32 Å². The lowest BCUT2D eigenvalue weighted by Crippen LogP contribution is -2.65. The number of ether oxygens (including phenoxy) is 4. The Labute approximate surface area is 529 Å². The van der Waals surface area contributed by atoms with Crippen LogP contribution in [0.3, 0.4) is 0 Å². The van der Waals surface area contributed by atoms with E-state index in [-0.39, 0.29) is 18.9 Å². The van der Waals surface area contributed by atoms with Crippen molar-refractivity contribution < 1.29 is 64.6 Å². The Kier molecular flexibility index (Phi) is 52.7. The van der Waals surface area contributed by atoms with E-state index in [4.69, 9.17) is 18.9 Å². The SMILES string of the molecule is CC/C=C\C/C=C\C/C=C\C/C=C\C/C=C\C/C=C\CCCCCCCCCCCCCCCCCCC(=O)NC(COC1OC(CO)C(OC2OC(CO)C(O)C(O)C2O)C(O)C1O)C(O)/C=C/CCCCCCCCCCCCCCCCCC. The molecule has 12 atom stereocenters. The third kappa shape index (κ3) is 41.3. The molecule has 14 nitrogen and oxygen atoms in total. The number of amides is 1. The zero-order chi connectivity index (χ0) is 63.1. The van der Waals surface area contributed by atoms with Gasteiger partial charge in [-0.25, -0.2) is 0 Å². The van der Waals surface area contributed by atoms with Crippen LogP contribution >= 0.6 is 0 Å². The quantitative estimate of drug-likeness (QED) is 0.0204. The highest BCUT2D eigenvalue weighted by molar-refractivity contribution is 5.76. The molecule has 1 amide bonds. The number of carbonyl (C=O) groups excluding carboxylic acids is 1. The molecule has 0 aromatic carbocycles. The molecular weight excluding hydrogens is 1100 g/mol. The lowest BCUT2D eigenvalue weighted by molar-refractivity contribution is -0.359.